The molecule has 154 valence electrons. The first kappa shape index (κ1) is 20.2. The fourth-order valence-corrected chi connectivity index (χ4v) is 3.85. The van der Waals surface area contributed by atoms with Gasteiger partial charge in [-0.15, -0.1) is 0 Å². The van der Waals surface area contributed by atoms with Crippen LogP contribution in [0.3, 0.4) is 0 Å². The van der Waals surface area contributed by atoms with Crippen molar-refractivity contribution in [1.29, 1.82) is 0 Å². The summed E-state index contributed by atoms with van der Waals surface area (Å²) in [5.74, 6) is -0.0638. The Hall–Kier alpha value is -3.12. The van der Waals surface area contributed by atoms with Gasteiger partial charge >= 0.3 is 0 Å². The molecule has 30 heavy (non-hydrogen) atoms. The number of likely N-dealkylation sites (tertiary alicyclic amines) is 1. The summed E-state index contributed by atoms with van der Waals surface area (Å²) in [4.78, 5) is 31.5. The normalized spacial score (nSPS) is 14.5. The Labute approximate surface area is 180 Å². The summed E-state index contributed by atoms with van der Waals surface area (Å²) in [6, 6.07) is 14.9. The van der Waals surface area contributed by atoms with E-state index in [9.17, 15) is 9.59 Å². The van der Waals surface area contributed by atoms with Crippen molar-refractivity contribution >= 4 is 23.4 Å². The number of piperidine rings is 1. The van der Waals surface area contributed by atoms with Gasteiger partial charge in [-0.3, -0.25) is 14.6 Å². The lowest BCUT2D eigenvalue weighted by Crippen LogP contribution is -2.43. The summed E-state index contributed by atoms with van der Waals surface area (Å²) in [5, 5.41) is 3.67. The van der Waals surface area contributed by atoms with Crippen LogP contribution in [-0.4, -0.2) is 39.4 Å². The SMILES string of the molecule is O=C(NCc1ccc(Cl)cc1)C1CCN(C(=O)c2cccn2-c2cccnc2)CC1. The first-order valence-corrected chi connectivity index (χ1v) is 10.4. The van der Waals surface area contributed by atoms with Crippen LogP contribution in [0.2, 0.25) is 5.02 Å². The lowest BCUT2D eigenvalue weighted by Gasteiger charge is -2.31. The Morgan fingerprint density at radius 2 is 1.83 bits per heavy atom. The minimum absolute atomic E-state index is 0.0242. The molecule has 0 radical (unpaired) electrons. The van der Waals surface area contributed by atoms with Crippen molar-refractivity contribution < 1.29 is 9.59 Å². The summed E-state index contributed by atoms with van der Waals surface area (Å²) < 4.78 is 1.85. The Kier molecular flexibility index (Phi) is 6.14. The largest absolute Gasteiger partial charge is 0.352 e. The summed E-state index contributed by atoms with van der Waals surface area (Å²) in [6.45, 7) is 1.61. The lowest BCUT2D eigenvalue weighted by molar-refractivity contribution is -0.126. The van der Waals surface area contributed by atoms with E-state index in [1.165, 1.54) is 0 Å². The van der Waals surface area contributed by atoms with Crippen LogP contribution in [-0.2, 0) is 11.3 Å². The van der Waals surface area contributed by atoms with Gasteiger partial charge in [0.1, 0.15) is 5.69 Å². The van der Waals surface area contributed by atoms with Crippen LogP contribution in [0.1, 0.15) is 28.9 Å². The molecule has 6 nitrogen and oxygen atoms in total. The Bertz CT molecular complexity index is 1010. The van der Waals surface area contributed by atoms with Gasteiger partial charge in [0.2, 0.25) is 5.91 Å². The highest BCUT2D eigenvalue weighted by Crippen LogP contribution is 2.21. The summed E-state index contributed by atoms with van der Waals surface area (Å²) in [7, 11) is 0. The highest BCUT2D eigenvalue weighted by atomic mass is 35.5. The second-order valence-electron chi connectivity index (χ2n) is 7.39. The third kappa shape index (κ3) is 4.54. The number of carbonyl (C=O) groups is 2. The molecule has 2 aromatic heterocycles. The van der Waals surface area contributed by atoms with Crippen molar-refractivity contribution in [2.75, 3.05) is 13.1 Å². The molecule has 1 N–H and O–H groups in total. The van der Waals surface area contributed by atoms with E-state index in [2.05, 4.69) is 10.3 Å². The standard InChI is InChI=1S/C23H23ClN4O2/c24-19-7-5-17(6-8-19)15-26-22(29)18-9-13-27(14-10-18)23(30)21-4-2-12-28(21)20-3-1-11-25-16-20/h1-8,11-12,16,18H,9-10,13-15H2,(H,26,29). The predicted molar refractivity (Wildman–Crippen MR) is 115 cm³/mol. The lowest BCUT2D eigenvalue weighted by atomic mass is 9.95. The summed E-state index contributed by atoms with van der Waals surface area (Å²) in [6.07, 6.45) is 6.62. The zero-order valence-corrected chi connectivity index (χ0v) is 17.3. The van der Waals surface area contributed by atoms with Crippen molar-refractivity contribution in [2.24, 2.45) is 5.92 Å². The van der Waals surface area contributed by atoms with Crippen LogP contribution in [0.4, 0.5) is 0 Å². The average molecular weight is 423 g/mol. The molecule has 3 heterocycles. The molecule has 2 amide bonds. The number of amides is 2. The number of rotatable bonds is 5. The van der Waals surface area contributed by atoms with E-state index >= 15 is 0 Å². The maximum Gasteiger partial charge on any atom is 0.270 e. The Balaban J connectivity index is 1.32. The number of carbonyl (C=O) groups excluding carboxylic acids is 2. The Morgan fingerprint density at radius 3 is 2.53 bits per heavy atom. The average Bonchev–Trinajstić information content (AvgIpc) is 3.29. The van der Waals surface area contributed by atoms with Crippen molar-refractivity contribution in [3.05, 3.63) is 83.4 Å². The molecule has 1 aliphatic heterocycles. The van der Waals surface area contributed by atoms with Gasteiger partial charge in [-0.2, -0.15) is 0 Å². The number of aromatic nitrogens is 2. The van der Waals surface area contributed by atoms with E-state index in [0.717, 1.165) is 11.3 Å². The molecule has 0 unspecified atom stereocenters. The fraction of sp³-hybridized carbons (Fsp3) is 0.261. The van der Waals surface area contributed by atoms with Gasteiger partial charge in [-0.25, -0.2) is 0 Å². The van der Waals surface area contributed by atoms with Gasteiger partial charge in [0.05, 0.1) is 11.9 Å². The van der Waals surface area contributed by atoms with Gasteiger partial charge in [-0.1, -0.05) is 23.7 Å². The Morgan fingerprint density at radius 1 is 1.07 bits per heavy atom. The van der Waals surface area contributed by atoms with E-state index in [-0.39, 0.29) is 17.7 Å². The molecule has 0 spiro atoms. The van der Waals surface area contributed by atoms with E-state index in [0.29, 0.717) is 43.2 Å². The van der Waals surface area contributed by atoms with Gasteiger partial charge < -0.3 is 14.8 Å². The van der Waals surface area contributed by atoms with Gasteiger partial charge in [0, 0.05) is 43.0 Å². The molecule has 1 saturated heterocycles. The third-order valence-electron chi connectivity index (χ3n) is 5.42. The maximum atomic E-state index is 13.0. The van der Waals surface area contributed by atoms with Crippen LogP contribution in [0.25, 0.3) is 5.69 Å². The number of halogens is 1. The molecule has 0 bridgehead atoms. The van der Waals surface area contributed by atoms with Crippen molar-refractivity contribution in [3.63, 3.8) is 0 Å². The maximum absolute atomic E-state index is 13.0. The molecule has 0 saturated carbocycles. The van der Waals surface area contributed by atoms with Gasteiger partial charge in [0.25, 0.3) is 5.91 Å². The number of benzene rings is 1. The van der Waals surface area contributed by atoms with Crippen LogP contribution >= 0.6 is 11.6 Å². The smallest absolute Gasteiger partial charge is 0.270 e. The molecular weight excluding hydrogens is 400 g/mol. The third-order valence-corrected chi connectivity index (χ3v) is 5.68. The molecule has 0 atom stereocenters. The number of nitrogens with zero attached hydrogens (tertiary/aromatic N) is 3. The number of nitrogens with one attached hydrogen (secondary N) is 1. The van der Waals surface area contributed by atoms with Gasteiger partial charge in [0.15, 0.2) is 0 Å². The van der Waals surface area contributed by atoms with E-state index in [1.54, 1.807) is 12.4 Å². The predicted octanol–water partition coefficient (Wildman–Crippen LogP) is 3.69. The highest BCUT2D eigenvalue weighted by Gasteiger charge is 2.28. The van der Waals surface area contributed by atoms with Crippen LogP contribution in [0.15, 0.2) is 67.1 Å². The quantitative estimate of drug-likeness (QED) is 0.681. The topological polar surface area (TPSA) is 67.2 Å². The number of pyridine rings is 1. The molecule has 1 fully saturated rings. The van der Waals surface area contributed by atoms with E-state index in [4.69, 9.17) is 11.6 Å². The molecule has 3 aromatic rings. The number of hydrogen-bond acceptors (Lipinski definition) is 3. The highest BCUT2D eigenvalue weighted by molar-refractivity contribution is 6.30. The molecule has 1 aromatic carbocycles. The minimum atomic E-state index is -0.0774. The van der Waals surface area contributed by atoms with Crippen LogP contribution in [0.5, 0.6) is 0 Å². The van der Waals surface area contributed by atoms with Gasteiger partial charge in [-0.05, 0) is 54.8 Å². The minimum Gasteiger partial charge on any atom is -0.352 e. The van der Waals surface area contributed by atoms with Crippen molar-refractivity contribution in [1.82, 2.24) is 19.8 Å². The van der Waals surface area contributed by atoms with Crippen molar-refractivity contribution in [2.45, 2.75) is 19.4 Å². The monoisotopic (exact) mass is 422 g/mol. The molecule has 0 aliphatic carbocycles. The summed E-state index contributed by atoms with van der Waals surface area (Å²) in [5.41, 5.74) is 2.47. The number of hydrogen-bond donors (Lipinski definition) is 1. The van der Waals surface area contributed by atoms with Crippen molar-refractivity contribution in [3.8, 4) is 5.69 Å². The first-order chi connectivity index (χ1) is 14.6. The zero-order chi connectivity index (χ0) is 20.9. The van der Waals surface area contributed by atoms with E-state index < -0.39 is 0 Å². The second-order valence-corrected chi connectivity index (χ2v) is 7.82. The first-order valence-electron chi connectivity index (χ1n) is 10.0. The molecular formula is C23H23ClN4O2. The van der Waals surface area contributed by atoms with Crippen LogP contribution < -0.4 is 5.32 Å². The van der Waals surface area contributed by atoms with Crippen LogP contribution in [0, 0.1) is 5.92 Å². The van der Waals surface area contributed by atoms with E-state index in [1.807, 2.05) is 64.2 Å². The molecule has 1 aliphatic rings. The second kappa shape index (κ2) is 9.13. The molecule has 4 rings (SSSR count). The zero-order valence-electron chi connectivity index (χ0n) is 16.5. The molecule has 7 heteroatoms. The fourth-order valence-electron chi connectivity index (χ4n) is 3.72. The summed E-state index contributed by atoms with van der Waals surface area (Å²) >= 11 is 5.89.